The fourth-order valence-corrected chi connectivity index (χ4v) is 2.02. The van der Waals surface area contributed by atoms with E-state index in [4.69, 9.17) is 28.6 Å². The number of hydrogen-bond donors (Lipinski definition) is 2. The van der Waals surface area contributed by atoms with E-state index in [1.54, 1.807) is 43.5 Å². The van der Waals surface area contributed by atoms with Crippen LogP contribution < -0.4 is 15.4 Å². The van der Waals surface area contributed by atoms with Gasteiger partial charge in [-0.3, -0.25) is 10.1 Å². The van der Waals surface area contributed by atoms with Crippen LogP contribution in [-0.2, 0) is 0 Å². The Labute approximate surface area is 133 Å². The van der Waals surface area contributed by atoms with Crippen LogP contribution in [0.3, 0.4) is 0 Å². The van der Waals surface area contributed by atoms with E-state index in [1.807, 2.05) is 12.1 Å². The van der Waals surface area contributed by atoms with Gasteiger partial charge in [0.15, 0.2) is 5.11 Å². The lowest BCUT2D eigenvalue weighted by Crippen LogP contribution is -2.34. The van der Waals surface area contributed by atoms with Crippen LogP contribution in [0.15, 0.2) is 48.5 Å². The molecule has 0 atom stereocenters. The lowest BCUT2D eigenvalue weighted by atomic mass is 10.2. The van der Waals surface area contributed by atoms with E-state index < -0.39 is 0 Å². The Morgan fingerprint density at radius 1 is 1.14 bits per heavy atom. The number of hydrogen-bond acceptors (Lipinski definition) is 3. The zero-order valence-electron chi connectivity index (χ0n) is 11.2. The second-order valence-corrected chi connectivity index (χ2v) is 4.93. The molecule has 0 heterocycles. The van der Waals surface area contributed by atoms with Crippen LogP contribution >= 0.6 is 23.8 Å². The molecule has 0 unspecified atom stereocenters. The monoisotopic (exact) mass is 320 g/mol. The minimum absolute atomic E-state index is 0.184. The molecule has 0 aliphatic heterocycles. The zero-order valence-corrected chi connectivity index (χ0v) is 12.8. The van der Waals surface area contributed by atoms with Gasteiger partial charge >= 0.3 is 0 Å². The van der Waals surface area contributed by atoms with Crippen molar-refractivity contribution in [2.45, 2.75) is 0 Å². The fraction of sp³-hybridized carbons (Fsp3) is 0.0667. The highest BCUT2D eigenvalue weighted by atomic mass is 35.5. The third-order valence-corrected chi connectivity index (χ3v) is 3.24. The highest BCUT2D eigenvalue weighted by Gasteiger charge is 2.09. The molecule has 21 heavy (non-hydrogen) atoms. The van der Waals surface area contributed by atoms with Gasteiger partial charge in [0.2, 0.25) is 0 Å². The molecule has 2 N–H and O–H groups in total. The number of benzene rings is 2. The van der Waals surface area contributed by atoms with Gasteiger partial charge in [-0.05, 0) is 48.6 Å². The number of rotatable bonds is 3. The number of ether oxygens (including phenoxy) is 1. The number of carbonyl (C=O) groups is 1. The van der Waals surface area contributed by atoms with Gasteiger partial charge in [0.05, 0.1) is 17.8 Å². The fourth-order valence-electron chi connectivity index (χ4n) is 1.63. The first-order valence-corrected chi connectivity index (χ1v) is 6.89. The van der Waals surface area contributed by atoms with E-state index in [0.29, 0.717) is 22.0 Å². The lowest BCUT2D eigenvalue weighted by molar-refractivity contribution is 0.0977. The van der Waals surface area contributed by atoms with Crippen LogP contribution in [0.4, 0.5) is 5.69 Å². The second kappa shape index (κ2) is 7.06. The number of methoxy groups -OCH3 is 1. The molecule has 1 amide bonds. The summed E-state index contributed by atoms with van der Waals surface area (Å²) in [5.41, 5.74) is 1.12. The van der Waals surface area contributed by atoms with Crippen LogP contribution in [0.5, 0.6) is 5.75 Å². The molecule has 0 fully saturated rings. The molecule has 2 aromatic carbocycles. The molecule has 0 aromatic heterocycles. The van der Waals surface area contributed by atoms with Crippen LogP contribution in [0.25, 0.3) is 0 Å². The second-order valence-electron chi connectivity index (χ2n) is 4.12. The maximum atomic E-state index is 12.0. The molecule has 2 rings (SSSR count). The smallest absolute Gasteiger partial charge is 0.257 e. The van der Waals surface area contributed by atoms with E-state index in [9.17, 15) is 4.79 Å². The minimum Gasteiger partial charge on any atom is -0.497 e. The molecule has 0 bridgehead atoms. The number of halogens is 1. The number of amides is 1. The van der Waals surface area contributed by atoms with Crippen molar-refractivity contribution >= 4 is 40.5 Å². The summed E-state index contributed by atoms with van der Waals surface area (Å²) in [6, 6.07) is 13.9. The van der Waals surface area contributed by atoms with Gasteiger partial charge in [0.1, 0.15) is 5.75 Å². The maximum absolute atomic E-state index is 12.0. The van der Waals surface area contributed by atoms with Crippen molar-refractivity contribution in [2.75, 3.05) is 12.4 Å². The van der Waals surface area contributed by atoms with Crippen LogP contribution in [-0.4, -0.2) is 18.1 Å². The predicted molar refractivity (Wildman–Crippen MR) is 88.1 cm³/mol. The molecule has 0 spiro atoms. The highest BCUT2D eigenvalue weighted by molar-refractivity contribution is 7.80. The largest absolute Gasteiger partial charge is 0.497 e. The SMILES string of the molecule is COc1ccc(C(=O)NC(=S)Nc2ccccc2Cl)cc1. The Bertz CT molecular complexity index is 659. The van der Waals surface area contributed by atoms with Crippen LogP contribution in [0.1, 0.15) is 10.4 Å². The third kappa shape index (κ3) is 4.18. The van der Waals surface area contributed by atoms with E-state index in [-0.39, 0.29) is 11.0 Å². The van der Waals surface area contributed by atoms with Gasteiger partial charge in [-0.2, -0.15) is 0 Å². The number of thiocarbonyl (C=S) groups is 1. The summed E-state index contributed by atoms with van der Waals surface area (Å²) in [5, 5.41) is 6.18. The van der Waals surface area contributed by atoms with E-state index >= 15 is 0 Å². The molecule has 0 aliphatic carbocycles. The minimum atomic E-state index is -0.304. The van der Waals surface area contributed by atoms with Gasteiger partial charge < -0.3 is 10.1 Å². The molecule has 0 aliphatic rings. The van der Waals surface area contributed by atoms with Crippen molar-refractivity contribution in [3.05, 3.63) is 59.1 Å². The molecule has 0 radical (unpaired) electrons. The van der Waals surface area contributed by atoms with Crippen molar-refractivity contribution < 1.29 is 9.53 Å². The van der Waals surface area contributed by atoms with Gasteiger partial charge in [0.25, 0.3) is 5.91 Å². The predicted octanol–water partition coefficient (Wildman–Crippen LogP) is 3.48. The Balaban J connectivity index is 1.98. The number of nitrogens with one attached hydrogen (secondary N) is 2. The Morgan fingerprint density at radius 3 is 2.43 bits per heavy atom. The van der Waals surface area contributed by atoms with Crippen LogP contribution in [0, 0.1) is 0 Å². The van der Waals surface area contributed by atoms with Crippen molar-refractivity contribution in [3.8, 4) is 5.75 Å². The van der Waals surface area contributed by atoms with Crippen molar-refractivity contribution in [3.63, 3.8) is 0 Å². The van der Waals surface area contributed by atoms with E-state index in [2.05, 4.69) is 10.6 Å². The summed E-state index contributed by atoms with van der Waals surface area (Å²) in [5.74, 6) is 0.380. The average Bonchev–Trinajstić information content (AvgIpc) is 2.49. The standard InChI is InChI=1S/C15H13ClN2O2S/c1-20-11-8-6-10(7-9-11)14(19)18-15(21)17-13-5-3-2-4-12(13)16/h2-9H,1H3,(H2,17,18,19,21). The summed E-state index contributed by atoms with van der Waals surface area (Å²) >= 11 is 11.1. The quantitative estimate of drug-likeness (QED) is 0.850. The molecule has 4 nitrogen and oxygen atoms in total. The highest BCUT2D eigenvalue weighted by Crippen LogP contribution is 2.20. The van der Waals surface area contributed by atoms with Crippen molar-refractivity contribution in [1.29, 1.82) is 0 Å². The zero-order chi connectivity index (χ0) is 15.2. The molecule has 0 saturated heterocycles. The third-order valence-electron chi connectivity index (χ3n) is 2.70. The Hall–Kier alpha value is -2.11. The normalized spacial score (nSPS) is 9.81. The summed E-state index contributed by atoms with van der Waals surface area (Å²) in [7, 11) is 1.57. The van der Waals surface area contributed by atoms with E-state index in [1.165, 1.54) is 0 Å². The number of anilines is 1. The first-order chi connectivity index (χ1) is 10.1. The van der Waals surface area contributed by atoms with Crippen molar-refractivity contribution in [1.82, 2.24) is 5.32 Å². The maximum Gasteiger partial charge on any atom is 0.257 e. The Morgan fingerprint density at radius 2 is 1.81 bits per heavy atom. The summed E-state index contributed by atoms with van der Waals surface area (Å²) < 4.78 is 5.04. The Kier molecular flexibility index (Phi) is 5.14. The molecular weight excluding hydrogens is 308 g/mol. The summed E-state index contributed by atoms with van der Waals surface area (Å²) in [6.45, 7) is 0. The summed E-state index contributed by atoms with van der Waals surface area (Å²) in [4.78, 5) is 12.0. The molecule has 2 aromatic rings. The first kappa shape index (κ1) is 15.3. The molecule has 6 heteroatoms. The lowest BCUT2D eigenvalue weighted by Gasteiger charge is -2.10. The topological polar surface area (TPSA) is 50.4 Å². The van der Waals surface area contributed by atoms with Crippen molar-refractivity contribution in [2.24, 2.45) is 0 Å². The van der Waals surface area contributed by atoms with Crippen LogP contribution in [0.2, 0.25) is 5.02 Å². The van der Waals surface area contributed by atoms with Gasteiger partial charge in [-0.1, -0.05) is 23.7 Å². The first-order valence-electron chi connectivity index (χ1n) is 6.11. The molecule has 0 saturated carbocycles. The van der Waals surface area contributed by atoms with Gasteiger partial charge in [-0.25, -0.2) is 0 Å². The average molecular weight is 321 g/mol. The number of carbonyl (C=O) groups excluding carboxylic acids is 1. The molecule has 108 valence electrons. The van der Waals surface area contributed by atoms with E-state index in [0.717, 1.165) is 0 Å². The molecular formula is C15H13ClN2O2S. The van der Waals surface area contributed by atoms with Gasteiger partial charge in [0, 0.05) is 5.56 Å². The summed E-state index contributed by atoms with van der Waals surface area (Å²) in [6.07, 6.45) is 0. The van der Waals surface area contributed by atoms with Gasteiger partial charge in [-0.15, -0.1) is 0 Å². The number of para-hydroxylation sites is 1.